The highest BCUT2D eigenvalue weighted by Crippen LogP contribution is 2.34. The summed E-state index contributed by atoms with van der Waals surface area (Å²) in [7, 11) is 0. The molecule has 176 valence electrons. The SMILES string of the molecule is O=C(Nc1cc(C(F)(F)F)ccc1-n1cccn1)[C@H]1CC(=O)N(c2ccc(F)c([N+](=O)[O-])c2)C1. The molecule has 0 radical (unpaired) electrons. The molecule has 0 unspecified atom stereocenters. The Balaban J connectivity index is 1.59. The zero-order valence-corrected chi connectivity index (χ0v) is 17.1. The fourth-order valence-electron chi connectivity index (χ4n) is 3.60. The Morgan fingerprint density at radius 1 is 1.21 bits per heavy atom. The average Bonchev–Trinajstić information content (AvgIpc) is 3.43. The van der Waals surface area contributed by atoms with E-state index in [1.165, 1.54) is 23.1 Å². The lowest BCUT2D eigenvalue weighted by molar-refractivity contribution is -0.387. The number of nitro benzene ring substituents is 1. The second-order valence-corrected chi connectivity index (χ2v) is 7.47. The van der Waals surface area contributed by atoms with Crippen molar-refractivity contribution in [1.82, 2.24) is 9.78 Å². The number of alkyl halides is 3. The number of hydrogen-bond donors (Lipinski definition) is 1. The van der Waals surface area contributed by atoms with E-state index in [2.05, 4.69) is 10.4 Å². The molecule has 1 atom stereocenters. The van der Waals surface area contributed by atoms with Crippen molar-refractivity contribution in [3.8, 4) is 5.69 Å². The predicted octanol–water partition coefficient (Wildman–Crippen LogP) is 3.93. The van der Waals surface area contributed by atoms with E-state index in [9.17, 15) is 37.3 Å². The van der Waals surface area contributed by atoms with Crippen LogP contribution in [0.4, 0.5) is 34.6 Å². The monoisotopic (exact) mass is 477 g/mol. The lowest BCUT2D eigenvalue weighted by Gasteiger charge is -2.18. The van der Waals surface area contributed by atoms with Crippen LogP contribution < -0.4 is 10.2 Å². The van der Waals surface area contributed by atoms with E-state index < -0.39 is 45.9 Å². The van der Waals surface area contributed by atoms with E-state index in [0.29, 0.717) is 0 Å². The number of amides is 2. The molecule has 2 heterocycles. The number of nitrogens with zero attached hydrogens (tertiary/aromatic N) is 4. The van der Waals surface area contributed by atoms with Crippen molar-refractivity contribution in [2.45, 2.75) is 12.6 Å². The van der Waals surface area contributed by atoms with Crippen LogP contribution in [-0.4, -0.2) is 33.1 Å². The quantitative estimate of drug-likeness (QED) is 0.340. The molecule has 0 aliphatic carbocycles. The van der Waals surface area contributed by atoms with Crippen molar-refractivity contribution in [2.75, 3.05) is 16.8 Å². The fraction of sp³-hybridized carbons (Fsp3) is 0.190. The van der Waals surface area contributed by atoms with Gasteiger partial charge in [0.15, 0.2) is 0 Å². The zero-order valence-electron chi connectivity index (χ0n) is 17.1. The number of nitro groups is 1. The van der Waals surface area contributed by atoms with Gasteiger partial charge in [0.25, 0.3) is 0 Å². The summed E-state index contributed by atoms with van der Waals surface area (Å²) in [5.41, 5.74) is -1.76. The summed E-state index contributed by atoms with van der Waals surface area (Å²) in [4.78, 5) is 36.5. The number of carbonyl (C=O) groups excluding carboxylic acids is 2. The molecule has 2 aromatic carbocycles. The number of aromatic nitrogens is 2. The van der Waals surface area contributed by atoms with Crippen LogP contribution >= 0.6 is 0 Å². The summed E-state index contributed by atoms with van der Waals surface area (Å²) in [5.74, 6) is -3.31. The summed E-state index contributed by atoms with van der Waals surface area (Å²) in [6.45, 7) is -0.191. The minimum absolute atomic E-state index is 0.0321. The van der Waals surface area contributed by atoms with Crippen LogP contribution in [0.2, 0.25) is 0 Å². The van der Waals surface area contributed by atoms with Crippen molar-refractivity contribution < 1.29 is 32.1 Å². The number of benzene rings is 2. The van der Waals surface area contributed by atoms with Gasteiger partial charge in [-0.25, -0.2) is 4.68 Å². The first-order valence-corrected chi connectivity index (χ1v) is 9.81. The molecule has 0 saturated carbocycles. The van der Waals surface area contributed by atoms with E-state index >= 15 is 0 Å². The molecule has 1 aromatic heterocycles. The zero-order chi connectivity index (χ0) is 24.6. The molecule has 1 saturated heterocycles. The average molecular weight is 477 g/mol. The van der Waals surface area contributed by atoms with Gasteiger partial charge in [0.1, 0.15) is 0 Å². The first-order valence-electron chi connectivity index (χ1n) is 9.81. The highest BCUT2D eigenvalue weighted by molar-refractivity contribution is 6.04. The lowest BCUT2D eigenvalue weighted by Crippen LogP contribution is -2.28. The third-order valence-corrected chi connectivity index (χ3v) is 5.27. The predicted molar refractivity (Wildman–Crippen MR) is 111 cm³/mol. The molecular weight excluding hydrogens is 462 g/mol. The Kier molecular flexibility index (Phi) is 5.77. The van der Waals surface area contributed by atoms with E-state index in [0.717, 1.165) is 35.2 Å². The second kappa shape index (κ2) is 8.57. The van der Waals surface area contributed by atoms with Gasteiger partial charge in [-0.3, -0.25) is 19.7 Å². The van der Waals surface area contributed by atoms with Crippen molar-refractivity contribution >= 4 is 28.9 Å². The van der Waals surface area contributed by atoms with Gasteiger partial charge < -0.3 is 10.2 Å². The number of carbonyl (C=O) groups is 2. The van der Waals surface area contributed by atoms with Crippen molar-refractivity contribution in [1.29, 1.82) is 0 Å². The van der Waals surface area contributed by atoms with Gasteiger partial charge in [0.05, 0.1) is 33.5 Å². The third-order valence-electron chi connectivity index (χ3n) is 5.27. The van der Waals surface area contributed by atoms with E-state index in [4.69, 9.17) is 0 Å². The number of halogens is 4. The van der Waals surface area contributed by atoms with Gasteiger partial charge in [-0.2, -0.15) is 22.7 Å². The molecule has 34 heavy (non-hydrogen) atoms. The van der Waals surface area contributed by atoms with Crippen molar-refractivity contribution in [2.24, 2.45) is 5.92 Å². The topological polar surface area (TPSA) is 110 Å². The molecule has 0 bridgehead atoms. The maximum atomic E-state index is 13.6. The maximum absolute atomic E-state index is 13.6. The number of nitrogens with one attached hydrogen (secondary N) is 1. The van der Waals surface area contributed by atoms with Crippen LogP contribution in [0.25, 0.3) is 5.69 Å². The van der Waals surface area contributed by atoms with Crippen molar-refractivity contribution in [3.05, 3.63) is 76.4 Å². The minimum Gasteiger partial charge on any atom is -0.324 e. The molecule has 13 heteroatoms. The van der Waals surface area contributed by atoms with Gasteiger partial charge in [0, 0.05) is 31.4 Å². The summed E-state index contributed by atoms with van der Waals surface area (Å²) in [6.07, 6.45) is -2.04. The number of rotatable bonds is 5. The second-order valence-electron chi connectivity index (χ2n) is 7.47. The van der Waals surface area contributed by atoms with Crippen LogP contribution in [0, 0.1) is 21.8 Å². The van der Waals surface area contributed by atoms with Gasteiger partial charge in [-0.1, -0.05) is 0 Å². The highest BCUT2D eigenvalue weighted by atomic mass is 19.4. The van der Waals surface area contributed by atoms with E-state index in [-0.39, 0.29) is 30.0 Å². The number of hydrogen-bond acceptors (Lipinski definition) is 5. The third kappa shape index (κ3) is 4.44. The normalized spacial score (nSPS) is 16.1. The Morgan fingerprint density at radius 3 is 2.62 bits per heavy atom. The Bertz CT molecular complexity index is 1280. The van der Waals surface area contributed by atoms with E-state index in [1.807, 2.05) is 0 Å². The van der Waals surface area contributed by atoms with Gasteiger partial charge in [0.2, 0.25) is 17.6 Å². The largest absolute Gasteiger partial charge is 0.416 e. The molecule has 1 N–H and O–H groups in total. The van der Waals surface area contributed by atoms with Crippen LogP contribution in [-0.2, 0) is 15.8 Å². The van der Waals surface area contributed by atoms with Gasteiger partial charge in [-0.15, -0.1) is 0 Å². The molecule has 0 spiro atoms. The smallest absolute Gasteiger partial charge is 0.324 e. The van der Waals surface area contributed by atoms with Crippen LogP contribution in [0.3, 0.4) is 0 Å². The first-order chi connectivity index (χ1) is 16.0. The van der Waals surface area contributed by atoms with Crippen LogP contribution in [0.1, 0.15) is 12.0 Å². The summed E-state index contributed by atoms with van der Waals surface area (Å²) in [5, 5.41) is 17.4. The summed E-state index contributed by atoms with van der Waals surface area (Å²) < 4.78 is 54.6. The maximum Gasteiger partial charge on any atom is 0.416 e. The fourth-order valence-corrected chi connectivity index (χ4v) is 3.60. The van der Waals surface area contributed by atoms with Gasteiger partial charge in [-0.05, 0) is 36.4 Å². The number of anilines is 2. The Hall–Kier alpha value is -4.29. The molecule has 1 fully saturated rings. The standard InChI is InChI=1S/C21H15F4N5O4/c22-15-4-3-14(10-18(15)30(33)34)28-11-12(8-19(28)31)20(32)27-16-9-13(21(23,24)25)2-5-17(16)29-7-1-6-26-29/h1-7,9-10,12H,8,11H2,(H,27,32)/t12-/m0/s1. The summed E-state index contributed by atoms with van der Waals surface area (Å²) >= 11 is 0. The van der Waals surface area contributed by atoms with Crippen LogP contribution in [0.15, 0.2) is 54.9 Å². The van der Waals surface area contributed by atoms with Crippen molar-refractivity contribution in [3.63, 3.8) is 0 Å². The first kappa shape index (κ1) is 22.9. The minimum atomic E-state index is -4.65. The molecule has 3 aromatic rings. The van der Waals surface area contributed by atoms with E-state index in [1.54, 1.807) is 6.07 Å². The Morgan fingerprint density at radius 2 is 1.97 bits per heavy atom. The summed E-state index contributed by atoms with van der Waals surface area (Å²) in [6, 6.07) is 7.24. The van der Waals surface area contributed by atoms with Gasteiger partial charge >= 0.3 is 11.9 Å². The molecule has 1 aliphatic heterocycles. The molecule has 1 aliphatic rings. The molecule has 2 amide bonds. The molecular formula is C21H15F4N5O4. The van der Waals surface area contributed by atoms with Crippen LogP contribution in [0.5, 0.6) is 0 Å². The lowest BCUT2D eigenvalue weighted by atomic mass is 10.1. The Labute approximate surface area is 188 Å². The molecule has 4 rings (SSSR count). The highest BCUT2D eigenvalue weighted by Gasteiger charge is 2.37. The molecule has 9 nitrogen and oxygen atoms in total.